The first-order chi connectivity index (χ1) is 12.9. The molecule has 0 unspecified atom stereocenters. The van der Waals surface area contributed by atoms with E-state index in [1.54, 1.807) is 0 Å². The summed E-state index contributed by atoms with van der Waals surface area (Å²) < 4.78 is 1.90. The highest BCUT2D eigenvalue weighted by Gasteiger charge is 2.24. The summed E-state index contributed by atoms with van der Waals surface area (Å²) in [5.41, 5.74) is 1.21. The van der Waals surface area contributed by atoms with Gasteiger partial charge in [-0.2, -0.15) is 0 Å². The van der Waals surface area contributed by atoms with E-state index in [1.807, 2.05) is 47.3 Å². The number of hydrogen-bond donors (Lipinski definition) is 1. The second-order valence-corrected chi connectivity index (χ2v) is 6.72. The third-order valence-corrected chi connectivity index (χ3v) is 4.75. The van der Waals surface area contributed by atoms with Crippen molar-refractivity contribution in [2.45, 2.75) is 19.5 Å². The van der Waals surface area contributed by atoms with Gasteiger partial charge in [0.05, 0.1) is 13.1 Å². The average Bonchev–Trinajstić information content (AvgIpc) is 3.32. The summed E-state index contributed by atoms with van der Waals surface area (Å²) in [5, 5.41) is 15.7. The Bertz CT molecular complexity index is 803. The molecule has 7 heteroatoms. The largest absolute Gasteiger partial charge is 0.370 e. The maximum atomic E-state index is 4.32. The molecule has 1 saturated heterocycles. The molecule has 3 aromatic rings. The van der Waals surface area contributed by atoms with Crippen LogP contribution in [0.3, 0.4) is 0 Å². The zero-order valence-electron chi connectivity index (χ0n) is 14.7. The maximum absolute atomic E-state index is 4.32. The summed E-state index contributed by atoms with van der Waals surface area (Å²) in [6.45, 7) is 4.58. The van der Waals surface area contributed by atoms with E-state index in [4.69, 9.17) is 0 Å². The molecule has 2 aromatic heterocycles. The molecule has 0 amide bonds. The number of nitrogens with zero attached hydrogens (tertiary/aromatic N) is 6. The molecule has 7 nitrogen and oxygen atoms in total. The first-order valence-electron chi connectivity index (χ1n) is 9.03. The van der Waals surface area contributed by atoms with E-state index in [0.29, 0.717) is 12.5 Å². The Balaban J connectivity index is 1.30. The summed E-state index contributed by atoms with van der Waals surface area (Å²) in [6.07, 6.45) is 3.00. The van der Waals surface area contributed by atoms with Crippen molar-refractivity contribution in [2.75, 3.05) is 25.0 Å². The van der Waals surface area contributed by atoms with E-state index in [2.05, 4.69) is 42.9 Å². The molecule has 1 aromatic carbocycles. The van der Waals surface area contributed by atoms with Gasteiger partial charge in [-0.05, 0) is 47.0 Å². The lowest BCUT2D eigenvalue weighted by molar-refractivity contribution is 0.304. The Morgan fingerprint density at radius 2 is 1.92 bits per heavy atom. The lowest BCUT2D eigenvalue weighted by atomic mass is 10.1. The van der Waals surface area contributed by atoms with Gasteiger partial charge in [-0.1, -0.05) is 36.4 Å². The summed E-state index contributed by atoms with van der Waals surface area (Å²) in [6, 6.07) is 16.2. The van der Waals surface area contributed by atoms with Gasteiger partial charge in [-0.15, -0.1) is 5.10 Å². The van der Waals surface area contributed by atoms with Crippen molar-refractivity contribution in [1.29, 1.82) is 0 Å². The molecule has 1 fully saturated rings. The standard InChI is InChI=1S/C19H23N7/c1-2-6-16(7-3-1)14-26-19(22-23-24-26)15-25-11-9-17(13-25)12-21-18-8-4-5-10-20-18/h1-8,10,17H,9,11-15H2,(H,20,21)/t17-/m0/s1. The molecule has 1 N–H and O–H groups in total. The summed E-state index contributed by atoms with van der Waals surface area (Å²) in [4.78, 5) is 6.74. The lowest BCUT2D eigenvalue weighted by Gasteiger charge is -2.16. The van der Waals surface area contributed by atoms with Crippen LogP contribution < -0.4 is 5.32 Å². The number of nitrogens with one attached hydrogen (secondary N) is 1. The zero-order chi connectivity index (χ0) is 17.6. The van der Waals surface area contributed by atoms with E-state index in [1.165, 1.54) is 12.0 Å². The molecule has 1 aliphatic rings. The minimum atomic E-state index is 0.621. The SMILES string of the molecule is c1ccc(Cn2nnnc2CN2CC[C@@H](CNc3ccccn3)C2)cc1. The third-order valence-electron chi connectivity index (χ3n) is 4.75. The molecule has 0 spiro atoms. The minimum absolute atomic E-state index is 0.621. The highest BCUT2D eigenvalue weighted by molar-refractivity contribution is 5.33. The minimum Gasteiger partial charge on any atom is -0.370 e. The number of rotatable bonds is 7. The van der Waals surface area contributed by atoms with Crippen LogP contribution >= 0.6 is 0 Å². The highest BCUT2D eigenvalue weighted by Crippen LogP contribution is 2.18. The molecular weight excluding hydrogens is 326 g/mol. The lowest BCUT2D eigenvalue weighted by Crippen LogP contribution is -2.25. The van der Waals surface area contributed by atoms with Crippen LogP contribution in [0.1, 0.15) is 17.8 Å². The van der Waals surface area contributed by atoms with Crippen molar-refractivity contribution in [3.05, 3.63) is 66.1 Å². The second kappa shape index (κ2) is 8.05. The number of tetrazole rings is 1. The van der Waals surface area contributed by atoms with Gasteiger partial charge in [-0.3, -0.25) is 4.90 Å². The molecule has 1 aliphatic heterocycles. The molecule has 134 valence electrons. The average molecular weight is 349 g/mol. The Hall–Kier alpha value is -2.80. The van der Waals surface area contributed by atoms with Crippen LogP contribution in [-0.4, -0.2) is 49.7 Å². The molecule has 0 saturated carbocycles. The summed E-state index contributed by atoms with van der Waals surface area (Å²) >= 11 is 0. The van der Waals surface area contributed by atoms with Crippen LogP contribution in [0.15, 0.2) is 54.7 Å². The van der Waals surface area contributed by atoms with Crippen LogP contribution in [0, 0.1) is 5.92 Å². The quantitative estimate of drug-likeness (QED) is 0.704. The number of pyridine rings is 1. The molecule has 1 atom stereocenters. The van der Waals surface area contributed by atoms with Gasteiger partial charge in [0.25, 0.3) is 0 Å². The van der Waals surface area contributed by atoms with Gasteiger partial charge in [0.2, 0.25) is 0 Å². The van der Waals surface area contributed by atoms with Gasteiger partial charge >= 0.3 is 0 Å². The Morgan fingerprint density at radius 1 is 1.04 bits per heavy atom. The zero-order valence-corrected chi connectivity index (χ0v) is 14.7. The van der Waals surface area contributed by atoms with Crippen LogP contribution in [0.5, 0.6) is 0 Å². The monoisotopic (exact) mass is 349 g/mol. The van der Waals surface area contributed by atoms with Crippen molar-refractivity contribution in [3.8, 4) is 0 Å². The van der Waals surface area contributed by atoms with Crippen molar-refractivity contribution in [3.63, 3.8) is 0 Å². The molecule has 26 heavy (non-hydrogen) atoms. The second-order valence-electron chi connectivity index (χ2n) is 6.72. The number of likely N-dealkylation sites (tertiary alicyclic amines) is 1. The Morgan fingerprint density at radius 3 is 2.77 bits per heavy atom. The third kappa shape index (κ3) is 4.23. The summed E-state index contributed by atoms with van der Waals surface area (Å²) in [5.74, 6) is 2.49. The van der Waals surface area contributed by atoms with Crippen LogP contribution in [0.2, 0.25) is 0 Å². The predicted molar refractivity (Wildman–Crippen MR) is 99.5 cm³/mol. The van der Waals surface area contributed by atoms with E-state index in [0.717, 1.165) is 37.8 Å². The molecule has 0 aliphatic carbocycles. The molecule has 3 heterocycles. The normalized spacial score (nSPS) is 17.5. The van der Waals surface area contributed by atoms with Gasteiger partial charge in [0.1, 0.15) is 5.82 Å². The number of hydrogen-bond acceptors (Lipinski definition) is 6. The van der Waals surface area contributed by atoms with E-state index in [-0.39, 0.29) is 0 Å². The van der Waals surface area contributed by atoms with Crippen LogP contribution in [0.25, 0.3) is 0 Å². The maximum Gasteiger partial charge on any atom is 0.165 e. The van der Waals surface area contributed by atoms with E-state index in [9.17, 15) is 0 Å². The van der Waals surface area contributed by atoms with Gasteiger partial charge in [0.15, 0.2) is 5.82 Å². The van der Waals surface area contributed by atoms with Crippen molar-refractivity contribution in [1.82, 2.24) is 30.1 Å². The highest BCUT2D eigenvalue weighted by atomic mass is 15.5. The van der Waals surface area contributed by atoms with Gasteiger partial charge < -0.3 is 5.32 Å². The van der Waals surface area contributed by atoms with Crippen molar-refractivity contribution in [2.24, 2.45) is 5.92 Å². The van der Waals surface area contributed by atoms with Crippen molar-refractivity contribution < 1.29 is 0 Å². The first kappa shape index (κ1) is 16.7. The van der Waals surface area contributed by atoms with Gasteiger partial charge in [-0.25, -0.2) is 9.67 Å². The fraction of sp³-hybridized carbons (Fsp3) is 0.368. The molecule has 0 bridgehead atoms. The Kier molecular flexibility index (Phi) is 5.16. The van der Waals surface area contributed by atoms with Crippen LogP contribution in [0.4, 0.5) is 5.82 Å². The fourth-order valence-electron chi connectivity index (χ4n) is 3.35. The predicted octanol–water partition coefficient (Wildman–Crippen LogP) is 2.05. The molecule has 4 rings (SSSR count). The topological polar surface area (TPSA) is 71.8 Å². The molecular formula is C19H23N7. The first-order valence-corrected chi connectivity index (χ1v) is 9.03. The van der Waals surface area contributed by atoms with E-state index < -0.39 is 0 Å². The molecule has 0 radical (unpaired) electrons. The Labute approximate surface area is 153 Å². The van der Waals surface area contributed by atoms with Gasteiger partial charge in [0, 0.05) is 19.3 Å². The van der Waals surface area contributed by atoms with E-state index >= 15 is 0 Å². The van der Waals surface area contributed by atoms with Crippen molar-refractivity contribution >= 4 is 5.82 Å². The fourth-order valence-corrected chi connectivity index (χ4v) is 3.35. The number of benzene rings is 1. The number of anilines is 1. The van der Waals surface area contributed by atoms with Crippen LogP contribution in [-0.2, 0) is 13.1 Å². The smallest absolute Gasteiger partial charge is 0.165 e. The number of aromatic nitrogens is 5. The summed E-state index contributed by atoms with van der Waals surface area (Å²) in [7, 11) is 0.